The third kappa shape index (κ3) is 4.75. The molecule has 0 aliphatic heterocycles. The van der Waals surface area contributed by atoms with Gasteiger partial charge in [0.25, 0.3) is 0 Å². The van der Waals surface area contributed by atoms with Crippen LogP contribution in [0.15, 0.2) is 36.4 Å². The van der Waals surface area contributed by atoms with E-state index in [1.54, 1.807) is 12.1 Å². The summed E-state index contributed by atoms with van der Waals surface area (Å²) >= 11 is 0. The first-order valence-corrected chi connectivity index (χ1v) is 9.14. The summed E-state index contributed by atoms with van der Waals surface area (Å²) in [5.74, 6) is 0.982. The van der Waals surface area contributed by atoms with Crippen molar-refractivity contribution in [3.63, 3.8) is 0 Å². The highest BCUT2D eigenvalue weighted by molar-refractivity contribution is 5.90. The maximum absolute atomic E-state index is 12.5. The monoisotopic (exact) mass is 409 g/mol. The standard InChI is InChI=1S/C21H23N5O4/c1-12-7-5-6-8-15(12)23-21-25-18(24-20(22)26-21)11-30-19(27)14-9-16(28-3)13(2)17(10-14)29-4/h5-10H,11H2,1-4H3,(H3,22,23,24,25,26). The van der Waals surface area contributed by atoms with E-state index in [4.69, 9.17) is 19.9 Å². The molecule has 0 saturated carbocycles. The number of ether oxygens (including phenoxy) is 3. The van der Waals surface area contributed by atoms with Crippen molar-refractivity contribution < 1.29 is 19.0 Å². The highest BCUT2D eigenvalue weighted by Gasteiger charge is 2.16. The van der Waals surface area contributed by atoms with Crippen LogP contribution < -0.4 is 20.5 Å². The minimum Gasteiger partial charge on any atom is -0.496 e. The van der Waals surface area contributed by atoms with Crippen LogP contribution >= 0.6 is 0 Å². The number of hydrogen-bond acceptors (Lipinski definition) is 9. The summed E-state index contributed by atoms with van der Waals surface area (Å²) in [6.45, 7) is 3.62. The number of anilines is 3. The minimum atomic E-state index is -0.570. The van der Waals surface area contributed by atoms with Crippen LogP contribution in [0.2, 0.25) is 0 Å². The van der Waals surface area contributed by atoms with E-state index in [2.05, 4.69) is 20.3 Å². The lowest BCUT2D eigenvalue weighted by Crippen LogP contribution is -2.12. The average Bonchev–Trinajstić information content (AvgIpc) is 2.73. The minimum absolute atomic E-state index is 0.0193. The van der Waals surface area contributed by atoms with Crippen LogP contribution in [0.4, 0.5) is 17.6 Å². The molecule has 0 spiro atoms. The van der Waals surface area contributed by atoms with Gasteiger partial charge in [0.1, 0.15) is 11.5 Å². The number of aromatic nitrogens is 3. The fourth-order valence-corrected chi connectivity index (χ4v) is 2.81. The van der Waals surface area contributed by atoms with E-state index in [0.29, 0.717) is 11.5 Å². The third-order valence-corrected chi connectivity index (χ3v) is 4.41. The first-order chi connectivity index (χ1) is 14.4. The molecule has 0 fully saturated rings. The third-order valence-electron chi connectivity index (χ3n) is 4.41. The van der Waals surface area contributed by atoms with Crippen molar-refractivity contribution in [2.24, 2.45) is 0 Å². The molecule has 0 atom stereocenters. The van der Waals surface area contributed by atoms with Crippen LogP contribution in [0.3, 0.4) is 0 Å². The van der Waals surface area contributed by atoms with Gasteiger partial charge in [-0.2, -0.15) is 15.0 Å². The second kappa shape index (κ2) is 9.08. The molecule has 9 heteroatoms. The quantitative estimate of drug-likeness (QED) is 0.566. The molecule has 0 aliphatic carbocycles. The van der Waals surface area contributed by atoms with Crippen LogP contribution in [0.1, 0.15) is 27.3 Å². The lowest BCUT2D eigenvalue weighted by Gasteiger charge is -2.12. The van der Waals surface area contributed by atoms with Crippen molar-refractivity contribution in [3.8, 4) is 11.5 Å². The molecular weight excluding hydrogens is 386 g/mol. The van der Waals surface area contributed by atoms with Crippen LogP contribution in [0.25, 0.3) is 0 Å². The Labute approximate surface area is 174 Å². The van der Waals surface area contributed by atoms with Crippen LogP contribution in [-0.4, -0.2) is 35.1 Å². The first kappa shape index (κ1) is 20.8. The zero-order valence-corrected chi connectivity index (χ0v) is 17.2. The predicted molar refractivity (Wildman–Crippen MR) is 112 cm³/mol. The summed E-state index contributed by atoms with van der Waals surface area (Å²) < 4.78 is 15.9. The number of nitrogens with two attached hydrogens (primary N) is 1. The molecule has 2 aromatic carbocycles. The summed E-state index contributed by atoms with van der Waals surface area (Å²) in [6, 6.07) is 10.9. The van der Waals surface area contributed by atoms with Gasteiger partial charge in [0, 0.05) is 11.3 Å². The molecule has 0 radical (unpaired) electrons. The second-order valence-electron chi connectivity index (χ2n) is 6.46. The van der Waals surface area contributed by atoms with Crippen molar-refractivity contribution in [3.05, 3.63) is 58.9 Å². The van der Waals surface area contributed by atoms with Crippen molar-refractivity contribution in [2.75, 3.05) is 25.3 Å². The number of carbonyl (C=O) groups is 1. The van der Waals surface area contributed by atoms with Crippen molar-refractivity contribution in [1.29, 1.82) is 0 Å². The normalized spacial score (nSPS) is 10.4. The summed E-state index contributed by atoms with van der Waals surface area (Å²) in [4.78, 5) is 24.9. The van der Waals surface area contributed by atoms with Gasteiger partial charge in [0.2, 0.25) is 11.9 Å². The SMILES string of the molecule is COc1cc(C(=O)OCc2nc(N)nc(Nc3ccccc3C)n2)cc(OC)c1C. The highest BCUT2D eigenvalue weighted by Crippen LogP contribution is 2.29. The summed E-state index contributed by atoms with van der Waals surface area (Å²) in [5.41, 5.74) is 8.72. The fourth-order valence-electron chi connectivity index (χ4n) is 2.81. The molecule has 0 bridgehead atoms. The van der Waals surface area contributed by atoms with Gasteiger partial charge in [-0.05, 0) is 37.6 Å². The van der Waals surface area contributed by atoms with Gasteiger partial charge in [-0.15, -0.1) is 0 Å². The van der Waals surface area contributed by atoms with E-state index in [1.165, 1.54) is 14.2 Å². The molecule has 3 aromatic rings. The van der Waals surface area contributed by atoms with E-state index in [1.807, 2.05) is 38.1 Å². The van der Waals surface area contributed by atoms with E-state index < -0.39 is 5.97 Å². The highest BCUT2D eigenvalue weighted by atomic mass is 16.5. The number of hydrogen-bond donors (Lipinski definition) is 2. The number of para-hydroxylation sites is 1. The lowest BCUT2D eigenvalue weighted by molar-refractivity contribution is 0.0461. The summed E-state index contributed by atoms with van der Waals surface area (Å²) in [5, 5.41) is 3.09. The Morgan fingerprint density at radius 1 is 1.03 bits per heavy atom. The van der Waals surface area contributed by atoms with Crippen molar-refractivity contribution >= 4 is 23.6 Å². The van der Waals surface area contributed by atoms with E-state index in [0.717, 1.165) is 16.8 Å². The largest absolute Gasteiger partial charge is 0.496 e. The molecule has 156 valence electrons. The molecule has 0 saturated heterocycles. The molecule has 0 unspecified atom stereocenters. The van der Waals surface area contributed by atoms with Gasteiger partial charge < -0.3 is 25.3 Å². The van der Waals surface area contributed by atoms with Crippen LogP contribution in [-0.2, 0) is 11.3 Å². The maximum Gasteiger partial charge on any atom is 0.338 e. The molecule has 3 N–H and O–H groups in total. The van der Waals surface area contributed by atoms with Gasteiger partial charge in [-0.3, -0.25) is 0 Å². The zero-order chi connectivity index (χ0) is 21.7. The number of aryl methyl sites for hydroxylation is 1. The number of benzene rings is 2. The van der Waals surface area contributed by atoms with Gasteiger partial charge in [-0.1, -0.05) is 18.2 Å². The lowest BCUT2D eigenvalue weighted by atomic mass is 10.1. The Morgan fingerprint density at radius 2 is 1.70 bits per heavy atom. The van der Waals surface area contributed by atoms with Crippen molar-refractivity contribution in [2.45, 2.75) is 20.5 Å². The van der Waals surface area contributed by atoms with Crippen LogP contribution in [0.5, 0.6) is 11.5 Å². The Morgan fingerprint density at radius 3 is 2.33 bits per heavy atom. The topological polar surface area (TPSA) is 121 Å². The first-order valence-electron chi connectivity index (χ1n) is 9.14. The van der Waals surface area contributed by atoms with Crippen LogP contribution in [0, 0.1) is 13.8 Å². The molecule has 1 heterocycles. The van der Waals surface area contributed by atoms with E-state index >= 15 is 0 Å². The van der Waals surface area contributed by atoms with Gasteiger partial charge in [0.15, 0.2) is 12.4 Å². The molecule has 9 nitrogen and oxygen atoms in total. The second-order valence-corrected chi connectivity index (χ2v) is 6.46. The van der Waals surface area contributed by atoms with Gasteiger partial charge in [-0.25, -0.2) is 4.79 Å². The Kier molecular flexibility index (Phi) is 6.31. The Balaban J connectivity index is 1.75. The molecule has 1 aromatic heterocycles. The maximum atomic E-state index is 12.5. The zero-order valence-electron chi connectivity index (χ0n) is 17.2. The Bertz CT molecular complexity index is 1050. The number of rotatable bonds is 7. The van der Waals surface area contributed by atoms with Crippen molar-refractivity contribution in [1.82, 2.24) is 15.0 Å². The van der Waals surface area contributed by atoms with E-state index in [9.17, 15) is 4.79 Å². The number of nitrogens with one attached hydrogen (secondary N) is 1. The fraction of sp³-hybridized carbons (Fsp3) is 0.238. The molecule has 0 aliphatic rings. The van der Waals surface area contributed by atoms with Gasteiger partial charge in [0.05, 0.1) is 19.8 Å². The number of methoxy groups -OCH3 is 2. The van der Waals surface area contributed by atoms with Gasteiger partial charge >= 0.3 is 5.97 Å². The molecule has 3 rings (SSSR count). The molecule has 0 amide bonds. The number of nitrogens with zero attached hydrogens (tertiary/aromatic N) is 3. The number of carbonyl (C=O) groups excluding carboxylic acids is 1. The average molecular weight is 409 g/mol. The molecule has 30 heavy (non-hydrogen) atoms. The summed E-state index contributed by atoms with van der Waals surface area (Å²) in [6.07, 6.45) is 0. The van der Waals surface area contributed by atoms with E-state index in [-0.39, 0.29) is 29.9 Å². The number of esters is 1. The summed E-state index contributed by atoms with van der Waals surface area (Å²) in [7, 11) is 3.04. The Hall–Kier alpha value is -3.88. The smallest absolute Gasteiger partial charge is 0.338 e. The molecular formula is C21H23N5O4. The number of nitrogen functional groups attached to an aromatic ring is 1. The predicted octanol–water partition coefficient (Wildman–Crippen LogP) is 3.19.